The van der Waals surface area contributed by atoms with Gasteiger partial charge < -0.3 is 10.2 Å². The summed E-state index contributed by atoms with van der Waals surface area (Å²) < 4.78 is 1.89. The van der Waals surface area contributed by atoms with E-state index in [0.717, 1.165) is 5.52 Å². The van der Waals surface area contributed by atoms with Crippen LogP contribution in [0, 0.1) is 0 Å². The van der Waals surface area contributed by atoms with Gasteiger partial charge >= 0.3 is 0 Å². The van der Waals surface area contributed by atoms with Crippen molar-refractivity contribution in [3.05, 3.63) is 67.1 Å². The first-order chi connectivity index (χ1) is 11.3. The van der Waals surface area contributed by atoms with Crippen LogP contribution in [0.5, 0.6) is 11.5 Å². The number of para-hydroxylation sites is 1. The first-order valence-corrected chi connectivity index (χ1v) is 7.14. The Kier molecular flexibility index (Phi) is 2.98. The lowest BCUT2D eigenvalue weighted by atomic mass is 10.1. The standard InChI is InChI=1S/C18H13N3O2/c22-15-7-2-1-5-13(15)18-20-17(12-8-9-19-11-16(12)23)14-6-3-4-10-21(14)18/h1-11,22-23H. The Morgan fingerprint density at radius 1 is 0.826 bits per heavy atom. The molecule has 0 unspecified atom stereocenters. The van der Waals surface area contributed by atoms with Gasteiger partial charge in [0.25, 0.3) is 0 Å². The fourth-order valence-corrected chi connectivity index (χ4v) is 2.68. The molecule has 4 aromatic rings. The van der Waals surface area contributed by atoms with Crippen LogP contribution in [0.25, 0.3) is 28.2 Å². The summed E-state index contributed by atoms with van der Waals surface area (Å²) in [4.78, 5) is 8.57. The van der Waals surface area contributed by atoms with Crippen molar-refractivity contribution in [2.24, 2.45) is 0 Å². The Balaban J connectivity index is 2.06. The minimum Gasteiger partial charge on any atom is -0.507 e. The zero-order valence-corrected chi connectivity index (χ0v) is 12.1. The van der Waals surface area contributed by atoms with E-state index in [1.165, 1.54) is 6.20 Å². The lowest BCUT2D eigenvalue weighted by Crippen LogP contribution is -1.88. The van der Waals surface area contributed by atoms with Gasteiger partial charge in [-0.25, -0.2) is 4.98 Å². The number of rotatable bonds is 2. The van der Waals surface area contributed by atoms with Crippen molar-refractivity contribution < 1.29 is 10.2 Å². The number of hydrogen-bond acceptors (Lipinski definition) is 4. The van der Waals surface area contributed by atoms with Crippen molar-refractivity contribution in [1.29, 1.82) is 0 Å². The number of imidazole rings is 1. The molecule has 112 valence electrons. The molecule has 5 nitrogen and oxygen atoms in total. The summed E-state index contributed by atoms with van der Waals surface area (Å²) in [6.07, 6.45) is 4.89. The largest absolute Gasteiger partial charge is 0.507 e. The molecule has 0 spiro atoms. The summed E-state index contributed by atoms with van der Waals surface area (Å²) >= 11 is 0. The quantitative estimate of drug-likeness (QED) is 0.595. The topological polar surface area (TPSA) is 70.7 Å². The van der Waals surface area contributed by atoms with Gasteiger partial charge in [-0.3, -0.25) is 9.38 Å². The van der Waals surface area contributed by atoms with E-state index in [0.29, 0.717) is 22.6 Å². The van der Waals surface area contributed by atoms with Crippen LogP contribution in [0.2, 0.25) is 0 Å². The Labute approximate surface area is 132 Å². The molecule has 0 aliphatic rings. The molecule has 0 bridgehead atoms. The van der Waals surface area contributed by atoms with Gasteiger partial charge in [0, 0.05) is 18.0 Å². The van der Waals surface area contributed by atoms with Crippen molar-refractivity contribution >= 4 is 5.52 Å². The molecule has 0 radical (unpaired) electrons. The molecular weight excluding hydrogens is 290 g/mol. The van der Waals surface area contributed by atoms with Gasteiger partial charge in [0.05, 0.1) is 17.3 Å². The molecule has 0 saturated carbocycles. The number of hydrogen-bond donors (Lipinski definition) is 2. The molecule has 0 aliphatic carbocycles. The van der Waals surface area contributed by atoms with Gasteiger partial charge in [-0.05, 0) is 30.3 Å². The molecule has 3 aromatic heterocycles. The molecule has 3 heterocycles. The molecule has 5 heteroatoms. The van der Waals surface area contributed by atoms with E-state index in [9.17, 15) is 10.2 Å². The molecule has 1 aromatic carbocycles. The fourth-order valence-electron chi connectivity index (χ4n) is 2.68. The van der Waals surface area contributed by atoms with Crippen molar-refractivity contribution in [2.75, 3.05) is 0 Å². The average molecular weight is 303 g/mol. The first-order valence-electron chi connectivity index (χ1n) is 7.14. The smallest absolute Gasteiger partial charge is 0.149 e. The minimum absolute atomic E-state index is 0.0696. The number of nitrogens with zero attached hydrogens (tertiary/aromatic N) is 3. The lowest BCUT2D eigenvalue weighted by Gasteiger charge is -2.03. The summed E-state index contributed by atoms with van der Waals surface area (Å²) in [6, 6.07) is 14.5. The van der Waals surface area contributed by atoms with E-state index in [4.69, 9.17) is 0 Å². The Morgan fingerprint density at radius 3 is 2.48 bits per heavy atom. The molecule has 0 atom stereocenters. The summed E-state index contributed by atoms with van der Waals surface area (Å²) in [7, 11) is 0. The van der Waals surface area contributed by atoms with E-state index in [2.05, 4.69) is 9.97 Å². The SMILES string of the molecule is Oc1cnccc1-c1nc(-c2ccccc2O)n2ccccc12. The number of aromatic hydroxyl groups is 2. The number of benzene rings is 1. The van der Waals surface area contributed by atoms with Crippen molar-refractivity contribution in [3.63, 3.8) is 0 Å². The zero-order chi connectivity index (χ0) is 15.8. The summed E-state index contributed by atoms with van der Waals surface area (Å²) in [5.74, 6) is 0.846. The second-order valence-electron chi connectivity index (χ2n) is 5.15. The highest BCUT2D eigenvalue weighted by molar-refractivity contribution is 5.84. The molecule has 2 N–H and O–H groups in total. The maximum atomic E-state index is 10.1. The molecule has 23 heavy (non-hydrogen) atoms. The second kappa shape index (κ2) is 5.14. The van der Waals surface area contributed by atoms with Crippen LogP contribution >= 0.6 is 0 Å². The highest BCUT2D eigenvalue weighted by Crippen LogP contribution is 2.35. The Bertz CT molecular complexity index is 929. The number of phenols is 1. The number of phenolic OH excluding ortho intramolecular Hbond substituents is 1. The van der Waals surface area contributed by atoms with E-state index in [1.54, 1.807) is 24.4 Å². The highest BCUT2D eigenvalue weighted by atomic mass is 16.3. The molecular formula is C18H13N3O2. The maximum absolute atomic E-state index is 10.1. The van der Waals surface area contributed by atoms with Crippen LogP contribution in [0.3, 0.4) is 0 Å². The fraction of sp³-hybridized carbons (Fsp3) is 0. The first kappa shape index (κ1) is 13.3. The lowest BCUT2D eigenvalue weighted by molar-refractivity contribution is 0.474. The predicted octanol–water partition coefficient (Wildman–Crippen LogP) is 3.47. The molecule has 0 aliphatic heterocycles. The van der Waals surface area contributed by atoms with Crippen LogP contribution < -0.4 is 0 Å². The van der Waals surface area contributed by atoms with Gasteiger partial charge in [0.2, 0.25) is 0 Å². The third kappa shape index (κ3) is 2.10. The van der Waals surface area contributed by atoms with E-state index >= 15 is 0 Å². The minimum atomic E-state index is 0.0696. The number of pyridine rings is 2. The number of aromatic nitrogens is 3. The molecule has 0 amide bonds. The van der Waals surface area contributed by atoms with Crippen LogP contribution in [-0.4, -0.2) is 24.6 Å². The van der Waals surface area contributed by atoms with Gasteiger partial charge in [-0.2, -0.15) is 0 Å². The van der Waals surface area contributed by atoms with E-state index in [-0.39, 0.29) is 11.5 Å². The summed E-state index contributed by atoms with van der Waals surface area (Å²) in [6.45, 7) is 0. The monoisotopic (exact) mass is 303 g/mol. The van der Waals surface area contributed by atoms with Crippen LogP contribution in [0.15, 0.2) is 67.1 Å². The van der Waals surface area contributed by atoms with Crippen LogP contribution in [0.1, 0.15) is 0 Å². The van der Waals surface area contributed by atoms with E-state index in [1.807, 2.05) is 40.9 Å². The molecule has 4 rings (SSSR count). The van der Waals surface area contributed by atoms with Gasteiger partial charge in [0.15, 0.2) is 0 Å². The predicted molar refractivity (Wildman–Crippen MR) is 87.2 cm³/mol. The maximum Gasteiger partial charge on any atom is 0.149 e. The van der Waals surface area contributed by atoms with Gasteiger partial charge in [0.1, 0.15) is 23.0 Å². The molecule has 0 fully saturated rings. The van der Waals surface area contributed by atoms with E-state index < -0.39 is 0 Å². The van der Waals surface area contributed by atoms with Gasteiger partial charge in [-0.15, -0.1) is 0 Å². The Hall–Kier alpha value is -3.34. The molecule has 0 saturated heterocycles. The normalized spacial score (nSPS) is 11.0. The summed E-state index contributed by atoms with van der Waals surface area (Å²) in [5, 5.41) is 20.2. The summed E-state index contributed by atoms with van der Waals surface area (Å²) in [5.41, 5.74) is 2.72. The second-order valence-corrected chi connectivity index (χ2v) is 5.15. The third-order valence-electron chi connectivity index (χ3n) is 3.75. The Morgan fingerprint density at radius 2 is 1.65 bits per heavy atom. The van der Waals surface area contributed by atoms with Crippen molar-refractivity contribution in [2.45, 2.75) is 0 Å². The van der Waals surface area contributed by atoms with Crippen molar-refractivity contribution in [3.8, 4) is 34.1 Å². The third-order valence-corrected chi connectivity index (χ3v) is 3.75. The van der Waals surface area contributed by atoms with Crippen LogP contribution in [-0.2, 0) is 0 Å². The van der Waals surface area contributed by atoms with Crippen molar-refractivity contribution in [1.82, 2.24) is 14.4 Å². The number of fused-ring (bicyclic) bond motifs is 1. The van der Waals surface area contributed by atoms with Gasteiger partial charge in [-0.1, -0.05) is 18.2 Å². The average Bonchev–Trinajstić information content (AvgIpc) is 2.95. The highest BCUT2D eigenvalue weighted by Gasteiger charge is 2.17. The zero-order valence-electron chi connectivity index (χ0n) is 12.1. The van der Waals surface area contributed by atoms with Crippen LogP contribution in [0.4, 0.5) is 0 Å².